The van der Waals surface area contributed by atoms with Gasteiger partial charge < -0.3 is 28.4 Å². The van der Waals surface area contributed by atoms with Crippen molar-refractivity contribution in [2.24, 2.45) is 0 Å². The molecule has 0 rings (SSSR count). The van der Waals surface area contributed by atoms with Gasteiger partial charge in [-0.2, -0.15) is 0 Å². The summed E-state index contributed by atoms with van der Waals surface area (Å²) >= 11 is 0. The number of rotatable bonds is 30. The lowest BCUT2D eigenvalue weighted by molar-refractivity contribution is -0.371. The molecule has 0 aliphatic heterocycles. The summed E-state index contributed by atoms with van der Waals surface area (Å²) in [4.78, 5) is 0. The summed E-state index contributed by atoms with van der Waals surface area (Å²) in [6.07, 6.45) is 19.8. The largest absolute Gasteiger partial charge is 0.331 e. The summed E-state index contributed by atoms with van der Waals surface area (Å²) < 4.78 is 60.0. The zero-order valence-electron chi connectivity index (χ0n) is 28.0. The highest BCUT2D eigenvalue weighted by Gasteiger charge is 2.61. The van der Waals surface area contributed by atoms with E-state index in [1.165, 1.54) is 66.3 Å². The fourth-order valence-electron chi connectivity index (χ4n) is 6.12. The molecule has 0 amide bonds. The molecule has 0 aliphatic rings. The van der Waals surface area contributed by atoms with E-state index in [2.05, 4.69) is 6.92 Å². The number of hydrogen-bond donors (Lipinski definition) is 0. The minimum Gasteiger partial charge on any atom is -0.331 e. The second-order valence-corrected chi connectivity index (χ2v) is 13.7. The van der Waals surface area contributed by atoms with E-state index in [0.29, 0.717) is 19.3 Å². The van der Waals surface area contributed by atoms with Gasteiger partial charge in [-0.05, 0) is 25.7 Å². The predicted molar refractivity (Wildman–Crippen MR) is 168 cm³/mol. The summed E-state index contributed by atoms with van der Waals surface area (Å²) in [6.45, 7) is 4.11. The molecule has 1 atom stereocenters. The van der Waals surface area contributed by atoms with E-state index in [1.54, 1.807) is 21.3 Å². The van der Waals surface area contributed by atoms with Gasteiger partial charge in [-0.25, -0.2) is 8.42 Å². The predicted octanol–water partition coefficient (Wildman–Crippen LogP) is 8.17. The summed E-state index contributed by atoms with van der Waals surface area (Å²) in [5.74, 6) is -2.43. The molecule has 0 saturated heterocycles. The number of methoxy groups -OCH3 is 6. The first-order valence-electron chi connectivity index (χ1n) is 16.2. The molecule has 0 aromatic carbocycles. The average Bonchev–Trinajstić information content (AvgIpc) is 2.98. The molecule has 0 fully saturated rings. The van der Waals surface area contributed by atoms with Crippen LogP contribution in [0.3, 0.4) is 0 Å². The molecule has 0 spiro atoms. The molecule has 0 aromatic heterocycles. The molecule has 0 bridgehead atoms. The van der Waals surface area contributed by atoms with Crippen LogP contribution in [0.1, 0.15) is 142 Å². The van der Waals surface area contributed by atoms with Gasteiger partial charge in [-0.3, -0.25) is 0 Å². The molecule has 0 radical (unpaired) electrons. The van der Waals surface area contributed by atoms with Gasteiger partial charge >= 0.3 is 5.97 Å². The minimum absolute atomic E-state index is 0.101. The van der Waals surface area contributed by atoms with E-state index in [1.807, 2.05) is 6.92 Å². The van der Waals surface area contributed by atoms with E-state index in [4.69, 9.17) is 28.4 Å². The molecule has 0 aliphatic carbocycles. The van der Waals surface area contributed by atoms with Crippen LogP contribution in [0.4, 0.5) is 0 Å². The van der Waals surface area contributed by atoms with Gasteiger partial charge in [0.2, 0.25) is 0 Å². The van der Waals surface area contributed by atoms with Crippen molar-refractivity contribution in [2.75, 3.05) is 48.4 Å². The molecule has 9 heteroatoms. The van der Waals surface area contributed by atoms with Gasteiger partial charge in [0.05, 0.1) is 5.75 Å². The zero-order valence-corrected chi connectivity index (χ0v) is 28.8. The Balaban J connectivity index is 4.90. The number of hydrogen-bond acceptors (Lipinski definition) is 8. The van der Waals surface area contributed by atoms with Gasteiger partial charge in [0.1, 0.15) is 0 Å². The summed E-state index contributed by atoms with van der Waals surface area (Å²) in [5, 5.41) is 0. The Labute approximate surface area is 253 Å². The van der Waals surface area contributed by atoms with Crippen molar-refractivity contribution in [3.63, 3.8) is 0 Å². The molecule has 8 nitrogen and oxygen atoms in total. The monoisotopic (exact) mass is 610 g/mol. The summed E-state index contributed by atoms with van der Waals surface area (Å²) in [5.41, 5.74) is 0. The maximum absolute atomic E-state index is 13.9. The molecule has 1 unspecified atom stereocenters. The third kappa shape index (κ3) is 13.1. The molecule has 0 heterocycles. The third-order valence-corrected chi connectivity index (χ3v) is 11.4. The second-order valence-electron chi connectivity index (χ2n) is 11.3. The number of ether oxygens (including phenoxy) is 6. The zero-order chi connectivity index (χ0) is 31.1. The van der Waals surface area contributed by atoms with E-state index in [-0.39, 0.29) is 5.75 Å². The highest BCUT2D eigenvalue weighted by Crippen LogP contribution is 2.44. The topological polar surface area (TPSA) is 89.5 Å². The van der Waals surface area contributed by atoms with Crippen molar-refractivity contribution >= 4 is 9.84 Å². The molecule has 248 valence electrons. The van der Waals surface area contributed by atoms with E-state index < -0.39 is 26.5 Å². The Bertz CT molecular complexity index is 690. The minimum atomic E-state index is -3.55. The first-order valence-corrected chi connectivity index (χ1v) is 17.9. The van der Waals surface area contributed by atoms with E-state index in [0.717, 1.165) is 64.2 Å². The fourth-order valence-corrected chi connectivity index (χ4v) is 8.59. The van der Waals surface area contributed by atoms with Crippen molar-refractivity contribution in [2.45, 2.75) is 159 Å². The lowest BCUT2D eigenvalue weighted by Gasteiger charge is -2.46. The van der Waals surface area contributed by atoms with Crippen molar-refractivity contribution in [1.82, 2.24) is 0 Å². The molecule has 0 aromatic rings. The highest BCUT2D eigenvalue weighted by molar-refractivity contribution is 7.92. The molecule has 41 heavy (non-hydrogen) atoms. The maximum atomic E-state index is 13.9. The van der Waals surface area contributed by atoms with Crippen LogP contribution in [-0.4, -0.2) is 73.5 Å². The Morgan fingerprint density at radius 1 is 0.439 bits per heavy atom. The summed E-state index contributed by atoms with van der Waals surface area (Å²) in [7, 11) is 5.75. The number of sulfone groups is 1. The van der Waals surface area contributed by atoms with E-state index in [9.17, 15) is 8.42 Å². The molecular weight excluding hydrogens is 544 g/mol. The van der Waals surface area contributed by atoms with Crippen LogP contribution in [0, 0.1) is 0 Å². The SMILES string of the molecule is CCCCCCCCC(CCCCCCCCCCCCC(OC)(OC)OC)(C(OC)(OC)OC)S(=O)(=O)CCC. The van der Waals surface area contributed by atoms with Crippen molar-refractivity contribution in [3.8, 4) is 0 Å². The molecule has 0 N–H and O–H groups in total. The van der Waals surface area contributed by atoms with Gasteiger partial charge in [0.15, 0.2) is 14.6 Å². The fraction of sp³-hybridized carbons (Fsp3) is 1.00. The van der Waals surface area contributed by atoms with Gasteiger partial charge in [-0.1, -0.05) is 110 Å². The Hall–Kier alpha value is -0.290. The van der Waals surface area contributed by atoms with Crippen LogP contribution in [-0.2, 0) is 38.3 Å². The Morgan fingerprint density at radius 3 is 1.10 bits per heavy atom. The van der Waals surface area contributed by atoms with Crippen LogP contribution in [0.15, 0.2) is 0 Å². The standard InChI is InChI=1S/C32H66O8S/c1-9-11-12-13-20-23-26-30(41(33,34)29-10-2,32(38-6,39-7)40-8)27-24-21-18-16-14-15-17-19-22-25-28-31(35-3,36-4)37-5/h9-29H2,1-8H3. The normalized spacial score (nSPS) is 14.4. The molecule has 0 saturated carbocycles. The van der Waals surface area contributed by atoms with Gasteiger partial charge in [-0.15, -0.1) is 0 Å². The average molecular weight is 611 g/mol. The second kappa shape index (κ2) is 23.1. The first-order chi connectivity index (χ1) is 19.7. The van der Waals surface area contributed by atoms with Crippen molar-refractivity contribution in [1.29, 1.82) is 0 Å². The molecular formula is C32H66O8S. The Kier molecular flexibility index (Phi) is 23.0. The van der Waals surface area contributed by atoms with Crippen molar-refractivity contribution in [3.05, 3.63) is 0 Å². The quantitative estimate of drug-likeness (QED) is 0.0594. The lowest BCUT2D eigenvalue weighted by Crippen LogP contribution is -2.63. The maximum Gasteiger partial charge on any atom is 0.302 e. The lowest BCUT2D eigenvalue weighted by atomic mass is 9.90. The first kappa shape index (κ1) is 40.7. The van der Waals surface area contributed by atoms with Crippen LogP contribution in [0.2, 0.25) is 0 Å². The van der Waals surface area contributed by atoms with E-state index >= 15 is 0 Å². The van der Waals surface area contributed by atoms with Crippen molar-refractivity contribution < 1.29 is 36.8 Å². The number of unbranched alkanes of at least 4 members (excludes halogenated alkanes) is 14. The van der Waals surface area contributed by atoms with Crippen LogP contribution in [0.5, 0.6) is 0 Å². The Morgan fingerprint density at radius 2 is 0.780 bits per heavy atom. The van der Waals surface area contributed by atoms with Gasteiger partial charge in [0, 0.05) is 49.1 Å². The van der Waals surface area contributed by atoms with Gasteiger partial charge in [0.25, 0.3) is 5.97 Å². The smallest absolute Gasteiger partial charge is 0.302 e. The third-order valence-electron chi connectivity index (χ3n) is 8.61. The van der Waals surface area contributed by atoms with Crippen LogP contribution >= 0.6 is 0 Å². The summed E-state index contributed by atoms with van der Waals surface area (Å²) in [6, 6.07) is 0. The van der Waals surface area contributed by atoms with Crippen LogP contribution < -0.4 is 0 Å². The van der Waals surface area contributed by atoms with Crippen LogP contribution in [0.25, 0.3) is 0 Å². The highest BCUT2D eigenvalue weighted by atomic mass is 32.2.